The zero-order valence-corrected chi connectivity index (χ0v) is 8.78. The molecular formula is C11H21N. The van der Waals surface area contributed by atoms with Gasteiger partial charge in [-0.1, -0.05) is 25.0 Å². The molecule has 1 rings (SSSR count). The zero-order chi connectivity index (χ0) is 9.14. The van der Waals surface area contributed by atoms with Crippen LogP contribution in [-0.4, -0.2) is 12.6 Å². The first-order valence-corrected chi connectivity index (χ1v) is 5.03. The van der Waals surface area contributed by atoms with Gasteiger partial charge >= 0.3 is 0 Å². The monoisotopic (exact) mass is 167 g/mol. The Morgan fingerprint density at radius 1 is 1.25 bits per heavy atom. The van der Waals surface area contributed by atoms with Crippen molar-refractivity contribution in [3.63, 3.8) is 0 Å². The molecule has 0 spiro atoms. The second kappa shape index (κ2) is 4.08. The van der Waals surface area contributed by atoms with Crippen molar-refractivity contribution in [1.29, 1.82) is 0 Å². The fourth-order valence-corrected chi connectivity index (χ4v) is 2.04. The molecule has 2 unspecified atom stereocenters. The molecule has 0 aromatic heterocycles. The molecule has 0 heterocycles. The van der Waals surface area contributed by atoms with Gasteiger partial charge in [-0.3, -0.25) is 0 Å². The normalized spacial score (nSPS) is 31.0. The third-order valence-electron chi connectivity index (χ3n) is 3.04. The molecule has 0 saturated carbocycles. The van der Waals surface area contributed by atoms with E-state index < -0.39 is 0 Å². The number of hydrogen-bond acceptors (Lipinski definition) is 1. The van der Waals surface area contributed by atoms with E-state index in [9.17, 15) is 0 Å². The van der Waals surface area contributed by atoms with Crippen molar-refractivity contribution in [1.82, 2.24) is 5.32 Å². The van der Waals surface area contributed by atoms with E-state index in [4.69, 9.17) is 0 Å². The molecule has 1 N–H and O–H groups in total. The van der Waals surface area contributed by atoms with Crippen LogP contribution in [0.25, 0.3) is 0 Å². The lowest BCUT2D eigenvalue weighted by Crippen LogP contribution is -2.37. The Morgan fingerprint density at radius 3 is 2.42 bits per heavy atom. The largest absolute Gasteiger partial charge is 0.314 e. The van der Waals surface area contributed by atoms with E-state index >= 15 is 0 Å². The van der Waals surface area contributed by atoms with Gasteiger partial charge in [0.05, 0.1) is 0 Å². The highest BCUT2D eigenvalue weighted by Crippen LogP contribution is 2.28. The molecule has 1 aliphatic carbocycles. The first kappa shape index (κ1) is 9.79. The van der Waals surface area contributed by atoms with Gasteiger partial charge in [-0.25, -0.2) is 0 Å². The maximum Gasteiger partial charge on any atom is 0.0133 e. The first-order valence-electron chi connectivity index (χ1n) is 5.03. The number of hydrogen-bond donors (Lipinski definition) is 1. The van der Waals surface area contributed by atoms with Crippen molar-refractivity contribution in [2.24, 2.45) is 5.92 Å². The summed E-state index contributed by atoms with van der Waals surface area (Å²) in [5.41, 5.74) is 3.20. The molecule has 1 nitrogen and oxygen atoms in total. The van der Waals surface area contributed by atoms with Crippen LogP contribution >= 0.6 is 0 Å². The van der Waals surface area contributed by atoms with Gasteiger partial charge in [0, 0.05) is 6.04 Å². The van der Waals surface area contributed by atoms with E-state index in [2.05, 4.69) is 33.0 Å². The van der Waals surface area contributed by atoms with Gasteiger partial charge in [-0.2, -0.15) is 0 Å². The van der Waals surface area contributed by atoms with E-state index in [0.29, 0.717) is 0 Å². The quantitative estimate of drug-likeness (QED) is 0.624. The molecule has 0 aromatic carbocycles. The molecule has 12 heavy (non-hydrogen) atoms. The molecule has 0 fully saturated rings. The highest BCUT2D eigenvalue weighted by molar-refractivity contribution is 5.16. The third-order valence-corrected chi connectivity index (χ3v) is 3.04. The Hall–Kier alpha value is -0.300. The standard InChI is InChI=1S/C11H21N/c1-5-12-11-7-9(3)8(2)6-10(11)4/h10-12H,5-7H2,1-4H3. The summed E-state index contributed by atoms with van der Waals surface area (Å²) in [5.74, 6) is 0.814. The van der Waals surface area contributed by atoms with Gasteiger partial charge in [-0.05, 0) is 39.2 Å². The lowest BCUT2D eigenvalue weighted by molar-refractivity contribution is 0.357. The smallest absolute Gasteiger partial charge is 0.0133 e. The summed E-state index contributed by atoms with van der Waals surface area (Å²) in [6, 6.07) is 0.721. The minimum Gasteiger partial charge on any atom is -0.314 e. The van der Waals surface area contributed by atoms with Crippen LogP contribution in [-0.2, 0) is 0 Å². The summed E-state index contributed by atoms with van der Waals surface area (Å²) < 4.78 is 0. The van der Waals surface area contributed by atoms with Crippen molar-refractivity contribution < 1.29 is 0 Å². The Morgan fingerprint density at radius 2 is 1.83 bits per heavy atom. The van der Waals surface area contributed by atoms with Crippen LogP contribution in [0.5, 0.6) is 0 Å². The van der Waals surface area contributed by atoms with E-state index in [-0.39, 0.29) is 0 Å². The summed E-state index contributed by atoms with van der Waals surface area (Å²) in [6.45, 7) is 10.2. The predicted octanol–water partition coefficient (Wildman–Crippen LogP) is 2.73. The summed E-state index contributed by atoms with van der Waals surface area (Å²) in [7, 11) is 0. The van der Waals surface area contributed by atoms with Crippen LogP contribution in [0, 0.1) is 5.92 Å². The molecule has 0 aliphatic heterocycles. The number of rotatable bonds is 2. The van der Waals surface area contributed by atoms with Gasteiger partial charge in [0.2, 0.25) is 0 Å². The number of nitrogens with one attached hydrogen (secondary N) is 1. The van der Waals surface area contributed by atoms with Crippen LogP contribution in [0.1, 0.15) is 40.5 Å². The molecule has 1 aliphatic rings. The van der Waals surface area contributed by atoms with Crippen LogP contribution in [0.15, 0.2) is 11.1 Å². The van der Waals surface area contributed by atoms with E-state index in [0.717, 1.165) is 18.5 Å². The Kier molecular flexibility index (Phi) is 3.33. The second-order valence-corrected chi connectivity index (χ2v) is 4.11. The molecular weight excluding hydrogens is 146 g/mol. The van der Waals surface area contributed by atoms with Gasteiger partial charge in [0.1, 0.15) is 0 Å². The average molecular weight is 167 g/mol. The average Bonchev–Trinajstić information content (AvgIpc) is 2.01. The van der Waals surface area contributed by atoms with Gasteiger partial charge in [-0.15, -0.1) is 0 Å². The maximum absolute atomic E-state index is 3.55. The highest BCUT2D eigenvalue weighted by Gasteiger charge is 2.22. The van der Waals surface area contributed by atoms with Gasteiger partial charge in [0.25, 0.3) is 0 Å². The fourth-order valence-electron chi connectivity index (χ4n) is 2.04. The minimum absolute atomic E-state index is 0.721. The Labute approximate surface area is 76.2 Å². The summed E-state index contributed by atoms with van der Waals surface area (Å²) in [5, 5.41) is 3.55. The molecule has 0 amide bonds. The van der Waals surface area contributed by atoms with E-state index in [1.807, 2.05) is 0 Å². The molecule has 0 radical (unpaired) electrons. The molecule has 0 aromatic rings. The maximum atomic E-state index is 3.55. The molecule has 0 bridgehead atoms. The van der Waals surface area contributed by atoms with Gasteiger partial charge in [0.15, 0.2) is 0 Å². The highest BCUT2D eigenvalue weighted by atomic mass is 14.9. The zero-order valence-electron chi connectivity index (χ0n) is 8.78. The third kappa shape index (κ3) is 2.10. The van der Waals surface area contributed by atoms with Crippen molar-refractivity contribution in [2.75, 3.05) is 6.54 Å². The van der Waals surface area contributed by atoms with Crippen LogP contribution in [0.3, 0.4) is 0 Å². The lowest BCUT2D eigenvalue weighted by Gasteiger charge is -2.31. The topological polar surface area (TPSA) is 12.0 Å². The van der Waals surface area contributed by atoms with Crippen molar-refractivity contribution in [3.8, 4) is 0 Å². The Bertz CT molecular complexity index is 181. The number of allylic oxidation sites excluding steroid dienone is 1. The summed E-state index contributed by atoms with van der Waals surface area (Å²) in [6.07, 6.45) is 2.53. The Balaban J connectivity index is 2.59. The fraction of sp³-hybridized carbons (Fsp3) is 0.818. The predicted molar refractivity (Wildman–Crippen MR) is 54.2 cm³/mol. The van der Waals surface area contributed by atoms with Crippen LogP contribution in [0.4, 0.5) is 0 Å². The second-order valence-electron chi connectivity index (χ2n) is 4.11. The van der Waals surface area contributed by atoms with Gasteiger partial charge < -0.3 is 5.32 Å². The van der Waals surface area contributed by atoms with E-state index in [1.54, 1.807) is 11.1 Å². The molecule has 2 atom stereocenters. The summed E-state index contributed by atoms with van der Waals surface area (Å²) >= 11 is 0. The lowest BCUT2D eigenvalue weighted by atomic mass is 9.82. The minimum atomic E-state index is 0.721. The van der Waals surface area contributed by atoms with Crippen molar-refractivity contribution >= 4 is 0 Å². The van der Waals surface area contributed by atoms with Crippen LogP contribution < -0.4 is 5.32 Å². The molecule has 70 valence electrons. The SMILES string of the molecule is CCNC1CC(C)=C(C)CC1C. The molecule has 1 heteroatoms. The molecule has 0 saturated heterocycles. The van der Waals surface area contributed by atoms with E-state index in [1.165, 1.54) is 12.8 Å². The summed E-state index contributed by atoms with van der Waals surface area (Å²) in [4.78, 5) is 0. The van der Waals surface area contributed by atoms with Crippen molar-refractivity contribution in [3.05, 3.63) is 11.1 Å². The van der Waals surface area contributed by atoms with Crippen molar-refractivity contribution in [2.45, 2.75) is 46.6 Å². The first-order chi connectivity index (χ1) is 5.65. The van der Waals surface area contributed by atoms with Crippen LogP contribution in [0.2, 0.25) is 0 Å².